The molecule has 36 heavy (non-hydrogen) atoms. The zero-order chi connectivity index (χ0) is 27.3. The fourth-order valence-electron chi connectivity index (χ4n) is 6.58. The summed E-state index contributed by atoms with van der Waals surface area (Å²) in [5.74, 6) is 0.877. The van der Waals surface area contributed by atoms with Crippen molar-refractivity contribution in [1.29, 1.82) is 0 Å². The first-order valence-electron chi connectivity index (χ1n) is 13.4. The molecule has 1 fully saturated rings. The fraction of sp³-hybridized carbons (Fsp3) is 0.645. The van der Waals surface area contributed by atoms with Crippen molar-refractivity contribution in [3.8, 4) is 5.75 Å². The molecule has 2 aliphatic rings. The number of benzene rings is 1. The minimum Gasteiger partial charge on any atom is -0.544 e. The number of allylic oxidation sites excluding steroid dienone is 3. The largest absolute Gasteiger partial charge is 0.544 e. The molecule has 3 rings (SSSR count). The summed E-state index contributed by atoms with van der Waals surface area (Å²) < 4.78 is 12.7. The molecule has 6 atom stereocenters. The number of ether oxygens (including phenoxy) is 1. The Balaban J connectivity index is 2.09. The molecule has 0 spiro atoms. The maximum atomic E-state index is 12.4. The van der Waals surface area contributed by atoms with Gasteiger partial charge in [0.15, 0.2) is 0 Å². The van der Waals surface area contributed by atoms with E-state index in [4.69, 9.17) is 9.16 Å². The Kier molecular flexibility index (Phi) is 7.81. The highest BCUT2D eigenvalue weighted by Crippen LogP contribution is 2.62. The van der Waals surface area contributed by atoms with Crippen LogP contribution in [0.3, 0.4) is 0 Å². The lowest BCUT2D eigenvalue weighted by Crippen LogP contribution is -2.44. The van der Waals surface area contributed by atoms with E-state index in [0.717, 1.165) is 11.3 Å². The van der Waals surface area contributed by atoms with Crippen LogP contribution >= 0.6 is 0 Å². The summed E-state index contributed by atoms with van der Waals surface area (Å²) in [6.45, 7) is 23.3. The van der Waals surface area contributed by atoms with Crippen molar-refractivity contribution in [1.82, 2.24) is 0 Å². The quantitative estimate of drug-likeness (QED) is 0.239. The highest BCUT2D eigenvalue weighted by Gasteiger charge is 2.60. The summed E-state index contributed by atoms with van der Waals surface area (Å²) in [4.78, 5) is 12.4. The van der Waals surface area contributed by atoms with Gasteiger partial charge in [0.2, 0.25) is 8.32 Å². The number of esters is 1. The third kappa shape index (κ3) is 5.52. The molecule has 0 saturated heterocycles. The van der Waals surface area contributed by atoms with Crippen molar-refractivity contribution in [2.45, 2.75) is 98.6 Å². The van der Waals surface area contributed by atoms with E-state index in [2.05, 4.69) is 85.0 Å². The summed E-state index contributed by atoms with van der Waals surface area (Å²) in [7, 11) is -1.96. The first-order valence-corrected chi connectivity index (χ1v) is 16.3. The molecule has 1 aromatic rings. The van der Waals surface area contributed by atoms with Gasteiger partial charge in [-0.05, 0) is 74.4 Å². The van der Waals surface area contributed by atoms with Gasteiger partial charge in [-0.1, -0.05) is 70.6 Å². The standard InChI is InChI=1S/C31H48O4Si/c1-12-13-24-20(2)18-25-27(30(7,8)19-31(25,9)33)26(24)28(34-21(3)32)22-14-16-23(17-15-22)35-36(10,11)29(4,5)6/h12-18,24-28,33H,19H2,1-11H3/b13-12-/t24-,25+,26-,27-,28-,31+/m0/s1. The predicted molar refractivity (Wildman–Crippen MR) is 150 cm³/mol. The molecule has 0 unspecified atom stereocenters. The summed E-state index contributed by atoms with van der Waals surface area (Å²) >= 11 is 0. The summed E-state index contributed by atoms with van der Waals surface area (Å²) in [5.41, 5.74) is 1.30. The molecule has 2 aliphatic carbocycles. The van der Waals surface area contributed by atoms with Crippen LogP contribution < -0.4 is 4.43 Å². The molecule has 5 heteroatoms. The molecule has 0 bridgehead atoms. The number of carbonyl (C=O) groups excluding carboxylic acids is 1. The second-order valence-corrected chi connectivity index (χ2v) is 18.3. The van der Waals surface area contributed by atoms with Crippen molar-refractivity contribution in [2.24, 2.45) is 29.1 Å². The van der Waals surface area contributed by atoms with Gasteiger partial charge in [0, 0.05) is 24.7 Å². The van der Waals surface area contributed by atoms with Crippen molar-refractivity contribution >= 4 is 14.3 Å². The van der Waals surface area contributed by atoms with E-state index < -0.39 is 20.0 Å². The molecule has 1 saturated carbocycles. The topological polar surface area (TPSA) is 55.8 Å². The Hall–Kier alpha value is -1.85. The summed E-state index contributed by atoms with van der Waals surface area (Å²) in [5, 5.41) is 11.5. The van der Waals surface area contributed by atoms with Gasteiger partial charge < -0.3 is 14.3 Å². The maximum Gasteiger partial charge on any atom is 0.303 e. The number of rotatable bonds is 6. The third-order valence-electron chi connectivity index (χ3n) is 9.05. The van der Waals surface area contributed by atoms with E-state index in [1.54, 1.807) is 0 Å². The first-order chi connectivity index (χ1) is 16.4. The molecule has 4 nitrogen and oxygen atoms in total. The summed E-state index contributed by atoms with van der Waals surface area (Å²) in [6, 6.07) is 8.17. The average Bonchev–Trinajstić information content (AvgIpc) is 2.90. The van der Waals surface area contributed by atoms with Gasteiger partial charge in [-0.25, -0.2) is 0 Å². The maximum absolute atomic E-state index is 12.4. The van der Waals surface area contributed by atoms with Crippen LogP contribution in [0, 0.1) is 29.1 Å². The van der Waals surface area contributed by atoms with Gasteiger partial charge in [0.25, 0.3) is 0 Å². The molecule has 1 N–H and O–H groups in total. The van der Waals surface area contributed by atoms with Crippen LogP contribution in [-0.4, -0.2) is 25.0 Å². The second-order valence-electron chi connectivity index (χ2n) is 13.6. The zero-order valence-electron chi connectivity index (χ0n) is 24.3. The van der Waals surface area contributed by atoms with Crippen LogP contribution in [0.25, 0.3) is 0 Å². The molecule has 1 aromatic carbocycles. The molecule has 0 aromatic heterocycles. The van der Waals surface area contributed by atoms with E-state index in [1.807, 2.05) is 26.0 Å². The highest BCUT2D eigenvalue weighted by molar-refractivity contribution is 6.74. The molecule has 0 radical (unpaired) electrons. The fourth-order valence-corrected chi connectivity index (χ4v) is 7.61. The number of aliphatic hydroxyl groups is 1. The molecule has 0 aliphatic heterocycles. The molecular weight excluding hydrogens is 464 g/mol. The van der Waals surface area contributed by atoms with E-state index in [9.17, 15) is 9.90 Å². The minimum atomic E-state index is -1.96. The average molecular weight is 513 g/mol. The molecular formula is C31H48O4Si. The lowest BCUT2D eigenvalue weighted by Gasteiger charge is -2.47. The van der Waals surface area contributed by atoms with Crippen LogP contribution in [0.5, 0.6) is 5.75 Å². The SMILES string of the molecule is C/C=C\[C@H]1C(C)=C[C@@H]2[C@@H]([C@H]1[C@@H](OC(C)=O)c1ccc(O[Si](C)(C)C(C)(C)C)cc1)C(C)(C)C[C@@]2(C)O. The van der Waals surface area contributed by atoms with Crippen LogP contribution in [0.2, 0.25) is 18.1 Å². The van der Waals surface area contributed by atoms with Crippen molar-refractivity contribution in [3.05, 3.63) is 53.6 Å². The van der Waals surface area contributed by atoms with E-state index >= 15 is 0 Å². The monoisotopic (exact) mass is 512 g/mol. The van der Waals surface area contributed by atoms with Crippen LogP contribution in [-0.2, 0) is 9.53 Å². The van der Waals surface area contributed by atoms with Crippen LogP contribution in [0.15, 0.2) is 48.1 Å². The Morgan fingerprint density at radius 3 is 2.25 bits per heavy atom. The second kappa shape index (κ2) is 9.79. The van der Waals surface area contributed by atoms with E-state index in [1.165, 1.54) is 12.5 Å². The van der Waals surface area contributed by atoms with E-state index in [-0.39, 0.29) is 40.1 Å². The molecule has 200 valence electrons. The lowest BCUT2D eigenvalue weighted by molar-refractivity contribution is -0.154. The number of carbonyl (C=O) groups is 1. The number of hydrogen-bond donors (Lipinski definition) is 1. The van der Waals surface area contributed by atoms with E-state index in [0.29, 0.717) is 6.42 Å². The Bertz CT molecular complexity index is 1010. The van der Waals surface area contributed by atoms with Gasteiger partial charge in [-0.3, -0.25) is 4.79 Å². The van der Waals surface area contributed by atoms with Gasteiger partial charge in [0.05, 0.1) is 5.60 Å². The number of fused-ring (bicyclic) bond motifs is 1. The Morgan fingerprint density at radius 1 is 1.17 bits per heavy atom. The number of hydrogen-bond acceptors (Lipinski definition) is 4. The van der Waals surface area contributed by atoms with Gasteiger partial charge in [-0.2, -0.15) is 0 Å². The van der Waals surface area contributed by atoms with Crippen molar-refractivity contribution in [3.63, 3.8) is 0 Å². The Morgan fingerprint density at radius 2 is 1.75 bits per heavy atom. The zero-order valence-corrected chi connectivity index (χ0v) is 25.3. The van der Waals surface area contributed by atoms with Gasteiger partial charge in [0.1, 0.15) is 11.9 Å². The van der Waals surface area contributed by atoms with Gasteiger partial charge >= 0.3 is 5.97 Å². The normalized spacial score (nSPS) is 31.1. The molecule has 0 amide bonds. The predicted octanol–water partition coefficient (Wildman–Crippen LogP) is 7.86. The highest BCUT2D eigenvalue weighted by atomic mass is 28.4. The van der Waals surface area contributed by atoms with Crippen LogP contribution in [0.1, 0.15) is 80.4 Å². The smallest absolute Gasteiger partial charge is 0.303 e. The van der Waals surface area contributed by atoms with Crippen molar-refractivity contribution in [2.75, 3.05) is 0 Å². The Labute approximate surface area is 220 Å². The lowest BCUT2D eigenvalue weighted by atomic mass is 9.59. The van der Waals surface area contributed by atoms with Crippen LogP contribution in [0.4, 0.5) is 0 Å². The third-order valence-corrected chi connectivity index (χ3v) is 13.4. The first kappa shape index (κ1) is 28.7. The molecule has 0 heterocycles. The van der Waals surface area contributed by atoms with Crippen molar-refractivity contribution < 1.29 is 19.1 Å². The minimum absolute atomic E-state index is 0.0104. The summed E-state index contributed by atoms with van der Waals surface area (Å²) in [6.07, 6.45) is 6.90. The van der Waals surface area contributed by atoms with Gasteiger partial charge in [-0.15, -0.1) is 0 Å².